The van der Waals surface area contributed by atoms with Crippen molar-refractivity contribution in [3.63, 3.8) is 0 Å². The third-order valence-corrected chi connectivity index (χ3v) is 3.14. The highest BCUT2D eigenvalue weighted by Crippen LogP contribution is 2.63. The van der Waals surface area contributed by atoms with Crippen LogP contribution in [0.15, 0.2) is 0 Å². The lowest BCUT2D eigenvalue weighted by atomic mass is 9.76. The summed E-state index contributed by atoms with van der Waals surface area (Å²) in [5, 5.41) is 9.04. The summed E-state index contributed by atoms with van der Waals surface area (Å²) in [6.07, 6.45) is 2.27. The van der Waals surface area contributed by atoms with E-state index in [0.717, 1.165) is 12.8 Å². The molecule has 1 nitrogen and oxygen atoms in total. The average Bonchev–Trinajstić information content (AvgIpc) is 2.60. The minimum atomic E-state index is 0.00174. The standard InChI is InChI=1S/C10H17N/c1-5-8-6-10(8,7-11)9(2,3)4/h8H,5-6H2,1-4H3. The fourth-order valence-electron chi connectivity index (χ4n) is 2.05. The van der Waals surface area contributed by atoms with E-state index in [1.54, 1.807) is 0 Å². The molecule has 2 unspecified atom stereocenters. The van der Waals surface area contributed by atoms with Gasteiger partial charge >= 0.3 is 0 Å². The second-order valence-corrected chi connectivity index (χ2v) is 4.64. The van der Waals surface area contributed by atoms with Gasteiger partial charge in [-0.1, -0.05) is 34.1 Å². The molecule has 62 valence electrons. The predicted octanol–water partition coefficient (Wildman–Crippen LogP) is 2.97. The number of rotatable bonds is 1. The quantitative estimate of drug-likeness (QED) is 0.565. The van der Waals surface area contributed by atoms with Gasteiger partial charge in [-0.3, -0.25) is 0 Å². The third kappa shape index (κ3) is 1.05. The van der Waals surface area contributed by atoms with Crippen molar-refractivity contribution in [1.29, 1.82) is 5.26 Å². The number of hydrogen-bond donors (Lipinski definition) is 0. The van der Waals surface area contributed by atoms with E-state index in [9.17, 15) is 0 Å². The van der Waals surface area contributed by atoms with Gasteiger partial charge in [-0.2, -0.15) is 5.26 Å². The molecule has 0 radical (unpaired) electrons. The molecule has 0 aromatic rings. The van der Waals surface area contributed by atoms with Crippen molar-refractivity contribution in [2.45, 2.75) is 40.5 Å². The molecule has 0 heterocycles. The highest BCUT2D eigenvalue weighted by Gasteiger charge is 2.60. The van der Waals surface area contributed by atoms with Gasteiger partial charge in [0.25, 0.3) is 0 Å². The highest BCUT2D eigenvalue weighted by molar-refractivity contribution is 5.20. The molecule has 0 aromatic heterocycles. The molecule has 0 spiro atoms. The first-order valence-corrected chi connectivity index (χ1v) is 4.39. The highest BCUT2D eigenvalue weighted by atomic mass is 14.6. The van der Waals surface area contributed by atoms with Crippen molar-refractivity contribution in [3.05, 3.63) is 0 Å². The van der Waals surface area contributed by atoms with E-state index in [1.165, 1.54) is 0 Å². The summed E-state index contributed by atoms with van der Waals surface area (Å²) < 4.78 is 0. The predicted molar refractivity (Wildman–Crippen MR) is 45.9 cm³/mol. The van der Waals surface area contributed by atoms with Crippen LogP contribution in [0.2, 0.25) is 0 Å². The normalized spacial score (nSPS) is 36.5. The van der Waals surface area contributed by atoms with Crippen LogP contribution in [0.25, 0.3) is 0 Å². The summed E-state index contributed by atoms with van der Waals surface area (Å²) in [5.74, 6) is 0.660. The molecule has 1 fully saturated rings. The van der Waals surface area contributed by atoms with Crippen LogP contribution in [0, 0.1) is 28.1 Å². The molecule has 0 saturated heterocycles. The Morgan fingerprint density at radius 2 is 2.09 bits per heavy atom. The summed E-state index contributed by atoms with van der Waals surface area (Å²) in [5.41, 5.74) is 0.171. The van der Waals surface area contributed by atoms with E-state index in [2.05, 4.69) is 33.8 Å². The fraction of sp³-hybridized carbons (Fsp3) is 0.900. The summed E-state index contributed by atoms with van der Waals surface area (Å²) in [6.45, 7) is 8.69. The van der Waals surface area contributed by atoms with Gasteiger partial charge in [0.05, 0.1) is 11.5 Å². The summed E-state index contributed by atoms with van der Waals surface area (Å²) >= 11 is 0. The van der Waals surface area contributed by atoms with Crippen LogP contribution >= 0.6 is 0 Å². The number of nitrogens with zero attached hydrogens (tertiary/aromatic N) is 1. The molecular formula is C10H17N. The zero-order valence-corrected chi connectivity index (χ0v) is 7.94. The van der Waals surface area contributed by atoms with Crippen molar-refractivity contribution in [3.8, 4) is 6.07 Å². The maximum Gasteiger partial charge on any atom is 0.0698 e. The second-order valence-electron chi connectivity index (χ2n) is 4.64. The first-order valence-electron chi connectivity index (χ1n) is 4.39. The fourth-order valence-corrected chi connectivity index (χ4v) is 2.05. The lowest BCUT2D eigenvalue weighted by Crippen LogP contribution is -2.22. The molecule has 0 aromatic carbocycles. The van der Waals surface area contributed by atoms with Crippen LogP contribution in [0.4, 0.5) is 0 Å². The van der Waals surface area contributed by atoms with E-state index in [-0.39, 0.29) is 10.8 Å². The maximum absolute atomic E-state index is 9.04. The Balaban J connectivity index is 2.77. The Labute approximate surface area is 69.4 Å². The molecule has 1 heteroatoms. The zero-order chi connectivity index (χ0) is 8.70. The van der Waals surface area contributed by atoms with Crippen molar-refractivity contribution < 1.29 is 0 Å². The van der Waals surface area contributed by atoms with Crippen molar-refractivity contribution in [2.24, 2.45) is 16.7 Å². The van der Waals surface area contributed by atoms with Gasteiger partial charge in [-0.25, -0.2) is 0 Å². The van der Waals surface area contributed by atoms with Gasteiger partial charge in [-0.15, -0.1) is 0 Å². The van der Waals surface area contributed by atoms with Gasteiger partial charge in [0, 0.05) is 0 Å². The lowest BCUT2D eigenvalue weighted by Gasteiger charge is -2.25. The van der Waals surface area contributed by atoms with Gasteiger partial charge < -0.3 is 0 Å². The molecule has 1 aliphatic carbocycles. The van der Waals surface area contributed by atoms with E-state index in [0.29, 0.717) is 5.92 Å². The SMILES string of the molecule is CCC1CC1(C#N)C(C)(C)C. The molecule has 1 aliphatic rings. The summed E-state index contributed by atoms with van der Waals surface area (Å²) in [4.78, 5) is 0. The van der Waals surface area contributed by atoms with E-state index in [1.807, 2.05) is 0 Å². The van der Waals surface area contributed by atoms with Gasteiger partial charge in [0.2, 0.25) is 0 Å². The Bertz CT molecular complexity index is 194. The van der Waals surface area contributed by atoms with Gasteiger partial charge in [0.1, 0.15) is 0 Å². The van der Waals surface area contributed by atoms with Crippen LogP contribution in [0.3, 0.4) is 0 Å². The molecule has 0 amide bonds. The monoisotopic (exact) mass is 151 g/mol. The third-order valence-electron chi connectivity index (χ3n) is 3.14. The Morgan fingerprint density at radius 3 is 2.18 bits per heavy atom. The van der Waals surface area contributed by atoms with E-state index in [4.69, 9.17) is 5.26 Å². The largest absolute Gasteiger partial charge is 0.198 e. The van der Waals surface area contributed by atoms with Crippen molar-refractivity contribution >= 4 is 0 Å². The second kappa shape index (κ2) is 2.24. The molecule has 0 N–H and O–H groups in total. The van der Waals surface area contributed by atoms with Crippen LogP contribution in [-0.2, 0) is 0 Å². The number of nitriles is 1. The van der Waals surface area contributed by atoms with E-state index >= 15 is 0 Å². The Hall–Kier alpha value is -0.510. The Kier molecular flexibility index (Phi) is 1.75. The number of hydrogen-bond acceptors (Lipinski definition) is 1. The Morgan fingerprint density at radius 1 is 1.55 bits per heavy atom. The van der Waals surface area contributed by atoms with Gasteiger partial charge in [0.15, 0.2) is 0 Å². The molecule has 0 bridgehead atoms. The first-order chi connectivity index (χ1) is 4.98. The van der Waals surface area contributed by atoms with Crippen molar-refractivity contribution in [2.75, 3.05) is 0 Å². The minimum absolute atomic E-state index is 0.00174. The van der Waals surface area contributed by atoms with Crippen LogP contribution in [-0.4, -0.2) is 0 Å². The van der Waals surface area contributed by atoms with Crippen molar-refractivity contribution in [1.82, 2.24) is 0 Å². The molecule has 2 atom stereocenters. The molecule has 11 heavy (non-hydrogen) atoms. The smallest absolute Gasteiger partial charge is 0.0698 e. The van der Waals surface area contributed by atoms with Crippen LogP contribution in [0.1, 0.15) is 40.5 Å². The zero-order valence-electron chi connectivity index (χ0n) is 7.94. The first kappa shape index (κ1) is 8.59. The minimum Gasteiger partial charge on any atom is -0.198 e. The van der Waals surface area contributed by atoms with E-state index < -0.39 is 0 Å². The average molecular weight is 151 g/mol. The topological polar surface area (TPSA) is 23.8 Å². The molecule has 0 aliphatic heterocycles. The maximum atomic E-state index is 9.04. The molecule has 1 rings (SSSR count). The van der Waals surface area contributed by atoms with Crippen LogP contribution in [0.5, 0.6) is 0 Å². The van der Waals surface area contributed by atoms with Crippen LogP contribution < -0.4 is 0 Å². The summed E-state index contributed by atoms with van der Waals surface area (Å²) in [6, 6.07) is 2.49. The van der Waals surface area contributed by atoms with Gasteiger partial charge in [-0.05, 0) is 17.8 Å². The molecule has 1 saturated carbocycles. The lowest BCUT2D eigenvalue weighted by molar-refractivity contribution is 0.254. The summed E-state index contributed by atoms with van der Waals surface area (Å²) in [7, 11) is 0. The molecular weight excluding hydrogens is 134 g/mol.